The first-order chi connectivity index (χ1) is 25.8. The molecule has 4 rings (SSSR count). The SMILES string of the molecule is CC[C@H]1OC(=O)[C@H](C)[C@@H](O[C@H]2CC(C)(C)[C@@H](O)[C@H](C)O2)[C@H](C)[C@@H](O[C@@H]2O[C@H](C)C[C@H](N(C)C)[C@H]2C)[C@](C)(OC(N)=O)C[C@@H](C)C(=O)C(C)C2C(C)C(=O)O[C@@]21C. The number of primary amides is 1. The molecule has 3 unspecified atom stereocenters. The van der Waals surface area contributed by atoms with Crippen molar-refractivity contribution in [3.63, 3.8) is 0 Å². The van der Waals surface area contributed by atoms with Gasteiger partial charge in [-0.2, -0.15) is 0 Å². The maximum absolute atomic E-state index is 14.6. The van der Waals surface area contributed by atoms with Crippen molar-refractivity contribution in [1.29, 1.82) is 0 Å². The van der Waals surface area contributed by atoms with Gasteiger partial charge >= 0.3 is 18.0 Å². The van der Waals surface area contributed by atoms with Gasteiger partial charge in [-0.3, -0.25) is 14.4 Å². The second kappa shape index (κ2) is 17.5. The van der Waals surface area contributed by atoms with E-state index in [9.17, 15) is 24.3 Å². The van der Waals surface area contributed by atoms with Gasteiger partial charge in [0.15, 0.2) is 18.2 Å². The van der Waals surface area contributed by atoms with Crippen LogP contribution in [0.4, 0.5) is 4.79 Å². The van der Waals surface area contributed by atoms with Crippen LogP contribution in [-0.4, -0.2) is 114 Å². The zero-order chi connectivity index (χ0) is 42.4. The molecule has 0 aromatic rings. The van der Waals surface area contributed by atoms with Crippen LogP contribution in [0, 0.1) is 46.8 Å². The number of Topliss-reactive ketones (excluding diaryl/α,β-unsaturated/α-hetero) is 1. The van der Waals surface area contributed by atoms with Gasteiger partial charge in [0, 0.05) is 42.1 Å². The first kappa shape index (κ1) is 46.3. The maximum atomic E-state index is 14.6. The van der Waals surface area contributed by atoms with Crippen molar-refractivity contribution in [3.8, 4) is 0 Å². The number of aliphatic hydroxyl groups is 1. The summed E-state index contributed by atoms with van der Waals surface area (Å²) in [5, 5.41) is 11.0. The molecule has 0 aromatic carbocycles. The highest BCUT2D eigenvalue weighted by atomic mass is 16.7. The average molecular weight is 797 g/mol. The number of carbonyl (C=O) groups excluding carboxylic acids is 4. The Morgan fingerprint density at radius 1 is 0.875 bits per heavy atom. The second-order valence-electron chi connectivity index (χ2n) is 18.9. The summed E-state index contributed by atoms with van der Waals surface area (Å²) in [5.41, 5.74) is 2.37. The molecule has 0 aliphatic carbocycles. The number of rotatable bonds is 7. The summed E-state index contributed by atoms with van der Waals surface area (Å²) in [4.78, 5) is 57.5. The van der Waals surface area contributed by atoms with Crippen molar-refractivity contribution in [2.45, 2.75) is 182 Å². The molecule has 0 saturated carbocycles. The average Bonchev–Trinajstić information content (AvgIpc) is 3.33. The van der Waals surface area contributed by atoms with Crippen LogP contribution < -0.4 is 5.73 Å². The van der Waals surface area contributed by atoms with Crippen molar-refractivity contribution in [2.24, 2.45) is 52.6 Å². The lowest BCUT2D eigenvalue weighted by atomic mass is 9.67. The van der Waals surface area contributed by atoms with E-state index in [1.807, 2.05) is 55.6 Å². The monoisotopic (exact) mass is 797 g/mol. The second-order valence-corrected chi connectivity index (χ2v) is 18.9. The van der Waals surface area contributed by atoms with Gasteiger partial charge in [0.2, 0.25) is 0 Å². The minimum absolute atomic E-state index is 0.00651. The van der Waals surface area contributed by atoms with Crippen LogP contribution in [0.2, 0.25) is 0 Å². The number of hydrogen-bond donors (Lipinski definition) is 2. The first-order valence-electron chi connectivity index (χ1n) is 20.7. The number of cyclic esters (lactones) is 1. The largest absolute Gasteiger partial charge is 0.458 e. The van der Waals surface area contributed by atoms with E-state index in [2.05, 4.69) is 4.90 Å². The molecule has 3 N–H and O–H groups in total. The van der Waals surface area contributed by atoms with Gasteiger partial charge < -0.3 is 48.9 Å². The van der Waals surface area contributed by atoms with E-state index in [1.165, 1.54) is 0 Å². The van der Waals surface area contributed by atoms with E-state index in [0.29, 0.717) is 12.8 Å². The van der Waals surface area contributed by atoms with Crippen molar-refractivity contribution < 1.29 is 57.4 Å². The summed E-state index contributed by atoms with van der Waals surface area (Å²) in [5.74, 6) is -5.84. The summed E-state index contributed by atoms with van der Waals surface area (Å²) in [6.07, 6.45) is -5.74. The predicted octanol–water partition coefficient (Wildman–Crippen LogP) is 5.24. The van der Waals surface area contributed by atoms with Gasteiger partial charge in [-0.05, 0) is 73.4 Å². The third-order valence-corrected chi connectivity index (χ3v) is 13.7. The van der Waals surface area contributed by atoms with Gasteiger partial charge in [-0.25, -0.2) is 4.79 Å². The molecule has 4 aliphatic rings. The molecular formula is C42H72N2O12. The number of hydrogen-bond acceptors (Lipinski definition) is 13. The minimum Gasteiger partial charge on any atom is -0.458 e. The Labute approximate surface area is 334 Å². The molecule has 4 fully saturated rings. The Balaban J connectivity index is 1.93. The van der Waals surface area contributed by atoms with Crippen LogP contribution in [0.5, 0.6) is 0 Å². The third kappa shape index (κ3) is 9.25. The maximum Gasteiger partial charge on any atom is 0.405 e. The quantitative estimate of drug-likeness (QED) is 0.252. The Kier molecular flexibility index (Phi) is 14.5. The molecule has 0 radical (unpaired) electrons. The van der Waals surface area contributed by atoms with Crippen LogP contribution in [0.1, 0.15) is 116 Å². The van der Waals surface area contributed by atoms with Gasteiger partial charge in [-0.15, -0.1) is 0 Å². The summed E-state index contributed by atoms with van der Waals surface area (Å²) in [6, 6.07) is 0.0904. The van der Waals surface area contributed by atoms with Gasteiger partial charge in [-0.1, -0.05) is 55.4 Å². The lowest BCUT2D eigenvalue weighted by Crippen LogP contribution is -2.60. The number of amides is 1. The fourth-order valence-corrected chi connectivity index (χ4v) is 10.6. The molecule has 322 valence electrons. The summed E-state index contributed by atoms with van der Waals surface area (Å²) >= 11 is 0. The minimum atomic E-state index is -1.56. The highest BCUT2D eigenvalue weighted by Gasteiger charge is 2.60. The van der Waals surface area contributed by atoms with Crippen LogP contribution in [0.3, 0.4) is 0 Å². The number of esters is 2. The summed E-state index contributed by atoms with van der Waals surface area (Å²) in [7, 11) is 4.02. The molecule has 4 heterocycles. The number of aliphatic hydroxyl groups excluding tert-OH is 1. The van der Waals surface area contributed by atoms with E-state index >= 15 is 0 Å². The number of carbonyl (C=O) groups is 4. The number of fused-ring (bicyclic) bond motifs is 1. The molecule has 56 heavy (non-hydrogen) atoms. The van der Waals surface area contributed by atoms with E-state index in [0.717, 1.165) is 6.42 Å². The number of nitrogens with zero attached hydrogens (tertiary/aromatic N) is 1. The highest BCUT2D eigenvalue weighted by Crippen LogP contribution is 2.48. The molecule has 0 bridgehead atoms. The molecule has 14 heteroatoms. The molecular weight excluding hydrogens is 724 g/mol. The highest BCUT2D eigenvalue weighted by molar-refractivity contribution is 5.85. The van der Waals surface area contributed by atoms with Crippen LogP contribution in [-0.2, 0) is 47.5 Å². The molecule has 1 amide bonds. The molecule has 4 aliphatic heterocycles. The Morgan fingerprint density at radius 2 is 1.50 bits per heavy atom. The van der Waals surface area contributed by atoms with Crippen LogP contribution in [0.15, 0.2) is 0 Å². The van der Waals surface area contributed by atoms with Crippen LogP contribution >= 0.6 is 0 Å². The molecule has 4 saturated heterocycles. The topological polar surface area (TPSA) is 182 Å². The predicted molar refractivity (Wildman–Crippen MR) is 207 cm³/mol. The lowest BCUT2D eigenvalue weighted by Gasteiger charge is -2.50. The Hall–Kier alpha value is -2.36. The Morgan fingerprint density at radius 3 is 2.05 bits per heavy atom. The third-order valence-electron chi connectivity index (χ3n) is 13.7. The smallest absolute Gasteiger partial charge is 0.405 e. The number of ether oxygens (including phenoxy) is 7. The number of ketones is 1. The van der Waals surface area contributed by atoms with Crippen molar-refractivity contribution >= 4 is 23.8 Å². The fourth-order valence-electron chi connectivity index (χ4n) is 10.6. The molecule has 18 atom stereocenters. The van der Waals surface area contributed by atoms with Crippen molar-refractivity contribution in [2.75, 3.05) is 14.1 Å². The van der Waals surface area contributed by atoms with Gasteiger partial charge in [0.1, 0.15) is 23.6 Å². The van der Waals surface area contributed by atoms with Gasteiger partial charge in [0.25, 0.3) is 0 Å². The van der Waals surface area contributed by atoms with E-state index in [-0.39, 0.29) is 30.3 Å². The fraction of sp³-hybridized carbons (Fsp3) is 0.905. The summed E-state index contributed by atoms with van der Waals surface area (Å²) < 4.78 is 45.1. The van der Waals surface area contributed by atoms with Crippen molar-refractivity contribution in [3.05, 3.63) is 0 Å². The van der Waals surface area contributed by atoms with E-state index in [1.54, 1.807) is 48.5 Å². The normalized spacial score (nSPS) is 46.7. The molecule has 14 nitrogen and oxygen atoms in total. The standard InChI is InChI=1S/C42H72N2O12/c1-16-29-42(13)31(24(6)37(48)55-42)23(5)32(45)20(2)18-41(12,56-39(43)49)35(54-38-22(4)28(44(14)15)17-21(3)50-38)25(7)33(26(8)36(47)52-29)53-30-19-40(10,11)34(46)27(9)51-30/h20-31,33-35,38,46H,16-19H2,1-15H3,(H2,43,49)/t20-,21-,22-,23?,24?,25+,26-,27+,28+,29-,30+,31?,33+,34+,35-,38+,41-,42-/m1/s1. The zero-order valence-corrected chi connectivity index (χ0v) is 36.5. The first-order valence-corrected chi connectivity index (χ1v) is 20.7. The van der Waals surface area contributed by atoms with Crippen LogP contribution in [0.25, 0.3) is 0 Å². The summed E-state index contributed by atoms with van der Waals surface area (Å²) in [6.45, 7) is 23.8. The Bertz CT molecular complexity index is 1430. The zero-order valence-electron chi connectivity index (χ0n) is 36.5. The number of nitrogens with two attached hydrogens (primary N) is 1. The molecule has 0 spiro atoms. The lowest BCUT2D eigenvalue weighted by molar-refractivity contribution is -0.304. The van der Waals surface area contributed by atoms with E-state index in [4.69, 9.17) is 38.9 Å². The molecule has 0 aromatic heterocycles. The van der Waals surface area contributed by atoms with Crippen molar-refractivity contribution in [1.82, 2.24) is 4.90 Å². The van der Waals surface area contributed by atoms with E-state index < -0.39 is 113 Å². The van der Waals surface area contributed by atoms with Gasteiger partial charge in [0.05, 0.1) is 36.3 Å².